The van der Waals surface area contributed by atoms with Crippen LogP contribution in [-0.2, 0) is 17.6 Å². The summed E-state index contributed by atoms with van der Waals surface area (Å²) in [7, 11) is 0. The van der Waals surface area contributed by atoms with Crippen LogP contribution < -0.4 is 10.6 Å². The van der Waals surface area contributed by atoms with Crippen LogP contribution in [-0.4, -0.2) is 21.6 Å². The van der Waals surface area contributed by atoms with Crippen molar-refractivity contribution in [2.45, 2.75) is 39.5 Å². The first-order valence-electron chi connectivity index (χ1n) is 10.6. The number of rotatable bonds is 6. The number of benzene rings is 2. The minimum absolute atomic E-state index is 0.0601. The van der Waals surface area contributed by atoms with E-state index in [-0.39, 0.29) is 23.4 Å². The number of anilines is 2. The summed E-state index contributed by atoms with van der Waals surface area (Å²) in [5, 5.41) is 10.1. The summed E-state index contributed by atoms with van der Waals surface area (Å²) in [6.45, 7) is 3.95. The number of aromatic nitrogens is 2. The molecule has 2 aromatic carbocycles. The Hall–Kier alpha value is -3.55. The summed E-state index contributed by atoms with van der Waals surface area (Å²) >= 11 is 0. The van der Waals surface area contributed by atoms with Crippen molar-refractivity contribution in [1.82, 2.24) is 9.78 Å². The van der Waals surface area contributed by atoms with Crippen LogP contribution in [0.3, 0.4) is 0 Å². The quantitative estimate of drug-likeness (QED) is 0.576. The molecule has 3 aromatic rings. The highest BCUT2D eigenvalue weighted by Gasteiger charge is 2.27. The number of fused-ring (bicyclic) bond motifs is 1. The Balaban J connectivity index is 1.52. The molecule has 1 aliphatic rings. The zero-order valence-electron chi connectivity index (χ0n) is 17.9. The number of halogens is 2. The van der Waals surface area contributed by atoms with Crippen molar-refractivity contribution in [3.63, 3.8) is 0 Å². The van der Waals surface area contributed by atoms with Crippen molar-refractivity contribution in [2.75, 3.05) is 10.6 Å². The van der Waals surface area contributed by atoms with E-state index in [2.05, 4.69) is 15.7 Å². The van der Waals surface area contributed by atoms with E-state index >= 15 is 0 Å². The monoisotopic (exact) mass is 438 g/mol. The maximum Gasteiger partial charge on any atom is 0.276 e. The lowest BCUT2D eigenvalue weighted by Crippen LogP contribution is -2.15. The summed E-state index contributed by atoms with van der Waals surface area (Å²) in [6.07, 6.45) is 2.70. The fourth-order valence-corrected chi connectivity index (χ4v) is 3.86. The second-order valence-corrected chi connectivity index (χ2v) is 8.32. The summed E-state index contributed by atoms with van der Waals surface area (Å²) in [5.41, 5.74) is 3.52. The van der Waals surface area contributed by atoms with Gasteiger partial charge < -0.3 is 10.6 Å². The number of nitrogens with zero attached hydrogens (tertiary/aromatic N) is 2. The predicted molar refractivity (Wildman–Crippen MR) is 118 cm³/mol. The summed E-state index contributed by atoms with van der Waals surface area (Å²) in [4.78, 5) is 24.8. The lowest BCUT2D eigenvalue weighted by molar-refractivity contribution is -0.116. The van der Waals surface area contributed by atoms with Gasteiger partial charge in [-0.2, -0.15) is 5.10 Å². The van der Waals surface area contributed by atoms with Crippen molar-refractivity contribution in [3.8, 4) is 5.69 Å². The van der Waals surface area contributed by atoms with Gasteiger partial charge in [-0.25, -0.2) is 13.5 Å². The van der Waals surface area contributed by atoms with Crippen LogP contribution in [0, 0.1) is 17.6 Å². The third-order valence-electron chi connectivity index (χ3n) is 5.31. The molecule has 8 heteroatoms. The summed E-state index contributed by atoms with van der Waals surface area (Å²) < 4.78 is 28.6. The van der Waals surface area contributed by atoms with Gasteiger partial charge in [0.05, 0.1) is 5.69 Å². The van der Waals surface area contributed by atoms with Crippen LogP contribution in [0.2, 0.25) is 0 Å². The van der Waals surface area contributed by atoms with E-state index in [0.29, 0.717) is 36.3 Å². The smallest absolute Gasteiger partial charge is 0.276 e. The van der Waals surface area contributed by atoms with E-state index in [4.69, 9.17) is 0 Å². The largest absolute Gasteiger partial charge is 0.326 e. The van der Waals surface area contributed by atoms with E-state index < -0.39 is 11.6 Å². The SMILES string of the molecule is CC(C)CC(=O)Nc1ccc(NC(=O)c2nn(-c3ccc(F)c(F)c3)c3c2CCC3)cc1. The molecule has 6 nitrogen and oxygen atoms in total. The third kappa shape index (κ3) is 4.54. The number of carbonyl (C=O) groups is 2. The molecule has 2 amide bonds. The van der Waals surface area contributed by atoms with Crippen LogP contribution in [0.1, 0.15) is 48.4 Å². The second kappa shape index (κ2) is 8.90. The summed E-state index contributed by atoms with van der Waals surface area (Å²) in [6, 6.07) is 10.4. The first-order chi connectivity index (χ1) is 15.3. The Morgan fingerprint density at radius 1 is 1.00 bits per heavy atom. The van der Waals surface area contributed by atoms with Crippen LogP contribution in [0.4, 0.5) is 20.2 Å². The highest BCUT2D eigenvalue weighted by molar-refractivity contribution is 6.04. The number of nitrogens with one attached hydrogen (secondary N) is 2. The molecule has 0 atom stereocenters. The Kier molecular flexibility index (Phi) is 6.03. The van der Waals surface area contributed by atoms with E-state index in [9.17, 15) is 18.4 Å². The fraction of sp³-hybridized carbons (Fsp3) is 0.292. The minimum atomic E-state index is -0.962. The van der Waals surface area contributed by atoms with E-state index in [1.165, 1.54) is 10.7 Å². The molecule has 2 N–H and O–H groups in total. The molecular formula is C24H24F2N4O2. The van der Waals surface area contributed by atoms with Gasteiger partial charge in [0.2, 0.25) is 5.91 Å². The summed E-state index contributed by atoms with van der Waals surface area (Å²) in [5.74, 6) is -2.06. The van der Waals surface area contributed by atoms with E-state index in [1.54, 1.807) is 24.3 Å². The molecule has 1 aliphatic carbocycles. The van der Waals surface area contributed by atoms with Gasteiger partial charge in [0.1, 0.15) is 0 Å². The molecule has 1 heterocycles. The zero-order valence-corrected chi connectivity index (χ0v) is 17.9. The van der Waals surface area contributed by atoms with Crippen molar-refractivity contribution in [3.05, 3.63) is 71.1 Å². The number of hydrogen-bond donors (Lipinski definition) is 2. The number of carbonyl (C=O) groups excluding carboxylic acids is 2. The maximum atomic E-state index is 13.7. The van der Waals surface area contributed by atoms with Crippen molar-refractivity contribution < 1.29 is 18.4 Å². The Bertz CT molecular complexity index is 1170. The lowest BCUT2D eigenvalue weighted by atomic mass is 10.1. The highest BCUT2D eigenvalue weighted by Crippen LogP contribution is 2.29. The average molecular weight is 438 g/mol. The van der Waals surface area contributed by atoms with Gasteiger partial charge in [0, 0.05) is 35.1 Å². The van der Waals surface area contributed by atoms with Gasteiger partial charge in [-0.3, -0.25) is 9.59 Å². The molecule has 0 aliphatic heterocycles. The molecule has 166 valence electrons. The molecule has 0 saturated carbocycles. The molecule has 32 heavy (non-hydrogen) atoms. The van der Waals surface area contributed by atoms with E-state index in [1.807, 2.05) is 13.8 Å². The first-order valence-corrected chi connectivity index (χ1v) is 10.6. The normalized spacial score (nSPS) is 12.7. The molecule has 0 bridgehead atoms. The Morgan fingerprint density at radius 2 is 1.69 bits per heavy atom. The fourth-order valence-electron chi connectivity index (χ4n) is 3.86. The van der Waals surface area contributed by atoms with Crippen LogP contribution >= 0.6 is 0 Å². The molecule has 0 unspecified atom stereocenters. The van der Waals surface area contributed by atoms with Gasteiger partial charge in [-0.1, -0.05) is 13.8 Å². The lowest BCUT2D eigenvalue weighted by Gasteiger charge is -2.09. The standard InChI is InChI=1S/C24H24F2N4O2/c1-14(2)12-22(31)27-15-6-8-16(9-7-15)28-24(32)23-18-4-3-5-21(18)30(29-23)17-10-11-19(25)20(26)13-17/h6-11,13-14H,3-5,12H2,1-2H3,(H,27,31)(H,28,32). The van der Waals surface area contributed by atoms with Crippen LogP contribution in [0.5, 0.6) is 0 Å². The zero-order chi connectivity index (χ0) is 22.8. The topological polar surface area (TPSA) is 76.0 Å². The van der Waals surface area contributed by atoms with Gasteiger partial charge >= 0.3 is 0 Å². The molecule has 0 saturated heterocycles. The average Bonchev–Trinajstić information content (AvgIpc) is 3.34. The maximum absolute atomic E-state index is 13.7. The van der Waals surface area contributed by atoms with Gasteiger partial charge in [-0.05, 0) is 61.6 Å². The molecular weight excluding hydrogens is 414 g/mol. The van der Waals surface area contributed by atoms with Crippen molar-refractivity contribution in [2.24, 2.45) is 5.92 Å². The van der Waals surface area contributed by atoms with Crippen molar-refractivity contribution >= 4 is 23.2 Å². The molecule has 0 radical (unpaired) electrons. The van der Waals surface area contributed by atoms with Crippen molar-refractivity contribution in [1.29, 1.82) is 0 Å². The number of hydrogen-bond acceptors (Lipinski definition) is 3. The second-order valence-electron chi connectivity index (χ2n) is 8.32. The predicted octanol–water partition coefficient (Wildman–Crippen LogP) is 4.88. The molecule has 0 spiro atoms. The van der Waals surface area contributed by atoms with Gasteiger partial charge in [0.15, 0.2) is 17.3 Å². The van der Waals surface area contributed by atoms with Gasteiger partial charge in [0.25, 0.3) is 5.91 Å². The van der Waals surface area contributed by atoms with Crippen LogP contribution in [0.25, 0.3) is 5.69 Å². The first kappa shape index (κ1) is 21.7. The Labute approximate surface area is 184 Å². The third-order valence-corrected chi connectivity index (χ3v) is 5.31. The minimum Gasteiger partial charge on any atom is -0.326 e. The van der Waals surface area contributed by atoms with Crippen LogP contribution in [0.15, 0.2) is 42.5 Å². The molecule has 1 aromatic heterocycles. The molecule has 4 rings (SSSR count). The molecule has 0 fully saturated rings. The van der Waals surface area contributed by atoms with Gasteiger partial charge in [-0.15, -0.1) is 0 Å². The Morgan fingerprint density at radius 3 is 2.34 bits per heavy atom. The van der Waals surface area contributed by atoms with E-state index in [0.717, 1.165) is 29.8 Å². The number of amides is 2. The highest BCUT2D eigenvalue weighted by atomic mass is 19.2.